The van der Waals surface area contributed by atoms with E-state index in [9.17, 15) is 5.11 Å². The van der Waals surface area contributed by atoms with Crippen LogP contribution in [0.1, 0.15) is 30.4 Å². The lowest BCUT2D eigenvalue weighted by Crippen LogP contribution is -2.35. The van der Waals surface area contributed by atoms with Gasteiger partial charge in [-0.2, -0.15) is 0 Å². The van der Waals surface area contributed by atoms with Crippen LogP contribution in [0.5, 0.6) is 0 Å². The molecule has 1 atom stereocenters. The molecule has 0 bridgehead atoms. The molecule has 2 nitrogen and oxygen atoms in total. The third-order valence-electron chi connectivity index (χ3n) is 4.29. The Morgan fingerprint density at radius 1 is 1.33 bits per heavy atom. The number of aliphatic hydroxyl groups is 1. The molecule has 2 aliphatic rings. The molecular weight excluding hydrogens is 305 g/mol. The lowest BCUT2D eigenvalue weighted by Gasteiger charge is -2.37. The highest BCUT2D eigenvalue weighted by Gasteiger charge is 2.27. The van der Waals surface area contributed by atoms with Gasteiger partial charge in [0, 0.05) is 28.8 Å². The summed E-state index contributed by atoms with van der Waals surface area (Å²) in [6.07, 6.45) is 6.91. The molecule has 1 aromatic rings. The zero-order valence-electron chi connectivity index (χ0n) is 12.1. The number of aryl methyl sites for hydroxylation is 1. The van der Waals surface area contributed by atoms with Gasteiger partial charge in [-0.3, -0.25) is 0 Å². The lowest BCUT2D eigenvalue weighted by molar-refractivity contribution is 0.141. The van der Waals surface area contributed by atoms with Gasteiger partial charge < -0.3 is 10.0 Å². The first-order chi connectivity index (χ1) is 10.1. The molecular formula is C17H19Cl2NO. The molecule has 112 valence electrons. The van der Waals surface area contributed by atoms with E-state index in [1.807, 2.05) is 13.0 Å². The Morgan fingerprint density at radius 3 is 2.90 bits per heavy atom. The zero-order valence-corrected chi connectivity index (χ0v) is 13.6. The van der Waals surface area contributed by atoms with Crippen molar-refractivity contribution < 1.29 is 5.11 Å². The number of halogens is 2. The fourth-order valence-electron chi connectivity index (χ4n) is 3.24. The molecule has 1 aromatic carbocycles. The molecule has 1 heterocycles. The first kappa shape index (κ1) is 15.0. The average molecular weight is 324 g/mol. The predicted octanol–water partition coefficient (Wildman–Crippen LogP) is 4.47. The minimum atomic E-state index is -0.356. The van der Waals surface area contributed by atoms with Crippen molar-refractivity contribution in [2.75, 3.05) is 6.54 Å². The van der Waals surface area contributed by atoms with Gasteiger partial charge in [-0.05, 0) is 55.0 Å². The molecule has 3 rings (SSSR count). The van der Waals surface area contributed by atoms with Crippen LogP contribution >= 0.6 is 23.2 Å². The quantitative estimate of drug-likeness (QED) is 0.867. The van der Waals surface area contributed by atoms with E-state index < -0.39 is 0 Å². The topological polar surface area (TPSA) is 23.5 Å². The third-order valence-corrected chi connectivity index (χ3v) is 4.84. The molecule has 1 unspecified atom stereocenters. The second kappa shape index (κ2) is 6.04. The van der Waals surface area contributed by atoms with Crippen molar-refractivity contribution >= 4 is 23.2 Å². The number of nitrogens with zero attached hydrogens (tertiary/aromatic N) is 1. The minimum Gasteiger partial charge on any atom is -0.387 e. The van der Waals surface area contributed by atoms with E-state index in [0.717, 1.165) is 42.6 Å². The van der Waals surface area contributed by atoms with Gasteiger partial charge in [-0.15, -0.1) is 0 Å². The van der Waals surface area contributed by atoms with E-state index in [1.54, 1.807) is 6.07 Å². The Morgan fingerprint density at radius 2 is 2.14 bits per heavy atom. The maximum atomic E-state index is 10.3. The fraction of sp³-hybridized carbons (Fsp3) is 0.412. The number of hydrogen-bond acceptors (Lipinski definition) is 2. The maximum absolute atomic E-state index is 10.3. The molecule has 0 fully saturated rings. The van der Waals surface area contributed by atoms with Crippen molar-refractivity contribution in [2.45, 2.75) is 38.8 Å². The smallest absolute Gasteiger partial charge is 0.0939 e. The molecule has 0 amide bonds. The number of rotatable bonds is 2. The van der Waals surface area contributed by atoms with Crippen molar-refractivity contribution in [1.82, 2.24) is 4.90 Å². The molecule has 0 saturated heterocycles. The van der Waals surface area contributed by atoms with Crippen LogP contribution < -0.4 is 0 Å². The summed E-state index contributed by atoms with van der Waals surface area (Å²) in [5.74, 6) is 0. The van der Waals surface area contributed by atoms with Gasteiger partial charge in [-0.25, -0.2) is 0 Å². The summed E-state index contributed by atoms with van der Waals surface area (Å²) in [6.45, 7) is 3.55. The van der Waals surface area contributed by atoms with Crippen LogP contribution in [0, 0.1) is 6.92 Å². The summed E-state index contributed by atoms with van der Waals surface area (Å²) in [7, 11) is 0. The van der Waals surface area contributed by atoms with Crippen molar-refractivity contribution in [2.24, 2.45) is 0 Å². The van der Waals surface area contributed by atoms with E-state index in [1.165, 1.54) is 5.57 Å². The van der Waals surface area contributed by atoms with Crippen LogP contribution in [0.4, 0.5) is 0 Å². The molecule has 1 aliphatic carbocycles. The Bertz CT molecular complexity index is 598. The Hall–Kier alpha value is -0.960. The zero-order chi connectivity index (χ0) is 15.0. The first-order valence-corrected chi connectivity index (χ1v) is 8.09. The van der Waals surface area contributed by atoms with Gasteiger partial charge in [0.25, 0.3) is 0 Å². The van der Waals surface area contributed by atoms with E-state index in [4.69, 9.17) is 23.2 Å². The maximum Gasteiger partial charge on any atom is 0.0939 e. The SMILES string of the molecule is Cc1cc(Cl)cc(Cl)c1CN1CC=CC2=C1C(O)CCC2. The number of hydrogen-bond donors (Lipinski definition) is 1. The highest BCUT2D eigenvalue weighted by molar-refractivity contribution is 6.35. The molecule has 1 aliphatic heterocycles. The Balaban J connectivity index is 1.92. The van der Waals surface area contributed by atoms with E-state index in [-0.39, 0.29) is 6.10 Å². The highest BCUT2D eigenvalue weighted by atomic mass is 35.5. The third kappa shape index (κ3) is 2.98. The van der Waals surface area contributed by atoms with Gasteiger partial charge in [0.15, 0.2) is 0 Å². The Labute approximate surface area is 135 Å². The largest absolute Gasteiger partial charge is 0.387 e. The molecule has 21 heavy (non-hydrogen) atoms. The predicted molar refractivity (Wildman–Crippen MR) is 87.6 cm³/mol. The van der Waals surface area contributed by atoms with Gasteiger partial charge in [0.2, 0.25) is 0 Å². The number of allylic oxidation sites excluding steroid dienone is 2. The molecule has 4 heteroatoms. The molecule has 0 spiro atoms. The van der Waals surface area contributed by atoms with Gasteiger partial charge in [0.05, 0.1) is 6.10 Å². The summed E-state index contributed by atoms with van der Waals surface area (Å²) in [5.41, 5.74) is 4.52. The molecule has 0 radical (unpaired) electrons. The molecule has 0 aromatic heterocycles. The average Bonchev–Trinajstić information content (AvgIpc) is 2.43. The van der Waals surface area contributed by atoms with Crippen LogP contribution in [-0.4, -0.2) is 22.7 Å². The van der Waals surface area contributed by atoms with E-state index >= 15 is 0 Å². The van der Waals surface area contributed by atoms with Crippen LogP contribution in [0.15, 0.2) is 35.6 Å². The number of aliphatic hydroxyl groups excluding tert-OH is 1. The monoisotopic (exact) mass is 323 g/mol. The summed E-state index contributed by atoms with van der Waals surface area (Å²) >= 11 is 12.4. The lowest BCUT2D eigenvalue weighted by atomic mass is 9.90. The van der Waals surface area contributed by atoms with Crippen molar-refractivity contribution in [3.05, 3.63) is 56.7 Å². The van der Waals surface area contributed by atoms with Gasteiger partial charge in [-0.1, -0.05) is 35.4 Å². The summed E-state index contributed by atoms with van der Waals surface area (Å²) in [5, 5.41) is 11.7. The van der Waals surface area contributed by atoms with Crippen LogP contribution in [0.25, 0.3) is 0 Å². The molecule has 0 saturated carbocycles. The number of benzene rings is 1. The van der Waals surface area contributed by atoms with Crippen LogP contribution in [-0.2, 0) is 6.54 Å². The fourth-order valence-corrected chi connectivity index (χ4v) is 3.90. The standard InChI is InChI=1S/C17H19Cl2NO/c1-11-8-13(18)9-15(19)14(11)10-20-7-3-5-12-4-2-6-16(21)17(12)20/h3,5,8-9,16,21H,2,4,6-7,10H2,1H3. The van der Waals surface area contributed by atoms with Crippen LogP contribution in [0.3, 0.4) is 0 Å². The Kier molecular flexibility index (Phi) is 4.30. The normalized spacial score (nSPS) is 21.7. The minimum absolute atomic E-state index is 0.356. The van der Waals surface area contributed by atoms with E-state index in [2.05, 4.69) is 17.1 Å². The molecule has 1 N–H and O–H groups in total. The second-order valence-electron chi connectivity index (χ2n) is 5.78. The van der Waals surface area contributed by atoms with Crippen molar-refractivity contribution in [3.63, 3.8) is 0 Å². The summed E-state index contributed by atoms with van der Waals surface area (Å²) < 4.78 is 0. The second-order valence-corrected chi connectivity index (χ2v) is 6.63. The summed E-state index contributed by atoms with van der Waals surface area (Å²) in [4.78, 5) is 2.24. The van der Waals surface area contributed by atoms with Crippen molar-refractivity contribution in [3.8, 4) is 0 Å². The highest BCUT2D eigenvalue weighted by Crippen LogP contribution is 2.34. The van der Waals surface area contributed by atoms with Gasteiger partial charge >= 0.3 is 0 Å². The first-order valence-electron chi connectivity index (χ1n) is 7.33. The van der Waals surface area contributed by atoms with Gasteiger partial charge in [0.1, 0.15) is 0 Å². The summed E-state index contributed by atoms with van der Waals surface area (Å²) in [6, 6.07) is 3.73. The van der Waals surface area contributed by atoms with Crippen molar-refractivity contribution in [1.29, 1.82) is 0 Å². The van der Waals surface area contributed by atoms with E-state index in [0.29, 0.717) is 16.6 Å². The van der Waals surface area contributed by atoms with Crippen LogP contribution in [0.2, 0.25) is 10.0 Å².